The molecule has 8 heteroatoms. The summed E-state index contributed by atoms with van der Waals surface area (Å²) >= 11 is 7.10. The largest absolute Gasteiger partial charge is 0.351 e. The molecule has 0 bridgehead atoms. The van der Waals surface area contributed by atoms with Crippen LogP contribution in [-0.4, -0.2) is 38.3 Å². The van der Waals surface area contributed by atoms with Crippen LogP contribution in [0.1, 0.15) is 28.1 Å². The van der Waals surface area contributed by atoms with E-state index in [9.17, 15) is 13.2 Å². The number of carbonyl (C=O) groups is 1. The maximum absolute atomic E-state index is 12.7. The van der Waals surface area contributed by atoms with Crippen LogP contribution in [0.5, 0.6) is 0 Å². The quantitative estimate of drug-likeness (QED) is 0.812. The fourth-order valence-electron chi connectivity index (χ4n) is 2.83. The Bertz CT molecular complexity index is 858. The number of nitrogens with zero attached hydrogens (tertiary/aromatic N) is 1. The smallest absolute Gasteiger partial charge is 0.262 e. The van der Waals surface area contributed by atoms with Crippen LogP contribution in [0.15, 0.2) is 40.6 Å². The molecule has 1 N–H and O–H groups in total. The van der Waals surface area contributed by atoms with E-state index < -0.39 is 10.0 Å². The number of thiophene rings is 1. The molecule has 0 spiro atoms. The number of hydrogen-bond acceptors (Lipinski definition) is 4. The number of sulfonamides is 1. The molecule has 0 atom stereocenters. The molecule has 1 aliphatic heterocycles. The van der Waals surface area contributed by atoms with Crippen molar-refractivity contribution >= 4 is 38.9 Å². The van der Waals surface area contributed by atoms with E-state index in [-0.39, 0.29) is 15.7 Å². The molecule has 1 aliphatic rings. The van der Waals surface area contributed by atoms with Crippen LogP contribution in [0, 0.1) is 0 Å². The van der Waals surface area contributed by atoms with E-state index in [1.54, 1.807) is 11.4 Å². The van der Waals surface area contributed by atoms with E-state index in [1.807, 2.05) is 18.2 Å². The Labute approximate surface area is 156 Å². The molecule has 0 saturated carbocycles. The van der Waals surface area contributed by atoms with Gasteiger partial charge in [-0.15, -0.1) is 11.3 Å². The van der Waals surface area contributed by atoms with Crippen LogP contribution in [0.4, 0.5) is 0 Å². The molecule has 1 aromatic heterocycles. The van der Waals surface area contributed by atoms with Crippen molar-refractivity contribution in [1.29, 1.82) is 0 Å². The van der Waals surface area contributed by atoms with Crippen molar-refractivity contribution in [1.82, 2.24) is 9.62 Å². The highest BCUT2D eigenvalue weighted by atomic mass is 35.5. The highest BCUT2D eigenvalue weighted by Crippen LogP contribution is 2.27. The lowest BCUT2D eigenvalue weighted by molar-refractivity contribution is 0.0955. The first kappa shape index (κ1) is 18.4. The van der Waals surface area contributed by atoms with Crippen LogP contribution in [0.3, 0.4) is 0 Å². The molecule has 1 amide bonds. The zero-order chi connectivity index (χ0) is 17.9. The standard InChI is InChI=1S/C17H19ClN2O3S2/c18-14-5-3-4-13(12-14)6-8-19-17(21)16-15(7-11-24-16)25(22,23)20-9-1-2-10-20/h3-5,7,11-12H,1-2,6,8-10H2,(H,19,21). The third-order valence-corrected chi connectivity index (χ3v) is 7.32. The first-order chi connectivity index (χ1) is 12.0. The second-order valence-electron chi connectivity index (χ2n) is 5.86. The SMILES string of the molecule is O=C(NCCc1cccc(Cl)c1)c1sccc1S(=O)(=O)N1CCCC1. The number of hydrogen-bond donors (Lipinski definition) is 1. The average molecular weight is 399 g/mol. The van der Waals surface area contributed by atoms with Crippen molar-refractivity contribution in [3.8, 4) is 0 Å². The van der Waals surface area contributed by atoms with E-state index in [4.69, 9.17) is 11.6 Å². The van der Waals surface area contributed by atoms with Crippen LogP contribution in [0.2, 0.25) is 5.02 Å². The van der Waals surface area contributed by atoms with Gasteiger partial charge in [-0.25, -0.2) is 8.42 Å². The Morgan fingerprint density at radius 2 is 2.00 bits per heavy atom. The normalized spacial score (nSPS) is 15.4. The molecule has 5 nitrogen and oxygen atoms in total. The van der Waals surface area contributed by atoms with E-state index >= 15 is 0 Å². The van der Waals surface area contributed by atoms with Gasteiger partial charge in [0.25, 0.3) is 5.91 Å². The topological polar surface area (TPSA) is 66.5 Å². The molecule has 2 heterocycles. The van der Waals surface area contributed by atoms with Gasteiger partial charge in [0.15, 0.2) is 0 Å². The molecule has 0 unspecified atom stereocenters. The molecule has 1 saturated heterocycles. The predicted molar refractivity (Wildman–Crippen MR) is 99.8 cm³/mol. The van der Waals surface area contributed by atoms with Gasteiger partial charge < -0.3 is 5.32 Å². The summed E-state index contributed by atoms with van der Waals surface area (Å²) in [5.41, 5.74) is 1.02. The van der Waals surface area contributed by atoms with Gasteiger partial charge in [0.05, 0.1) is 0 Å². The number of halogens is 1. The van der Waals surface area contributed by atoms with E-state index in [0.717, 1.165) is 29.7 Å². The highest BCUT2D eigenvalue weighted by Gasteiger charge is 2.31. The lowest BCUT2D eigenvalue weighted by Gasteiger charge is -2.15. The monoisotopic (exact) mass is 398 g/mol. The minimum Gasteiger partial charge on any atom is -0.351 e. The molecule has 0 radical (unpaired) electrons. The van der Waals surface area contributed by atoms with E-state index in [2.05, 4.69) is 5.32 Å². The number of rotatable bonds is 6. The van der Waals surface area contributed by atoms with Crippen molar-refractivity contribution in [3.05, 3.63) is 51.2 Å². The second kappa shape index (κ2) is 7.86. The Kier molecular flexibility index (Phi) is 5.78. The van der Waals surface area contributed by atoms with E-state index in [0.29, 0.717) is 31.1 Å². The van der Waals surface area contributed by atoms with Crippen molar-refractivity contribution in [3.63, 3.8) is 0 Å². The third-order valence-electron chi connectivity index (χ3n) is 4.11. The summed E-state index contributed by atoms with van der Waals surface area (Å²) in [7, 11) is -3.59. The maximum Gasteiger partial charge on any atom is 0.262 e. The van der Waals surface area contributed by atoms with Gasteiger partial charge in [-0.2, -0.15) is 4.31 Å². The van der Waals surface area contributed by atoms with Crippen LogP contribution in [0.25, 0.3) is 0 Å². The summed E-state index contributed by atoms with van der Waals surface area (Å²) in [6, 6.07) is 8.96. The highest BCUT2D eigenvalue weighted by molar-refractivity contribution is 7.89. The number of nitrogens with one attached hydrogen (secondary N) is 1. The minimum atomic E-state index is -3.59. The number of amides is 1. The molecule has 0 aliphatic carbocycles. The van der Waals surface area contributed by atoms with Crippen molar-refractivity contribution < 1.29 is 13.2 Å². The molecule has 3 rings (SSSR count). The Morgan fingerprint density at radius 3 is 2.72 bits per heavy atom. The molecular formula is C17H19ClN2O3S2. The van der Waals surface area contributed by atoms with E-state index in [1.165, 1.54) is 10.4 Å². The summed E-state index contributed by atoms with van der Waals surface area (Å²) in [6.45, 7) is 1.46. The zero-order valence-electron chi connectivity index (χ0n) is 13.6. The lowest BCUT2D eigenvalue weighted by atomic mass is 10.1. The first-order valence-electron chi connectivity index (χ1n) is 8.09. The molecule has 2 aromatic rings. The third kappa shape index (κ3) is 4.23. The number of carbonyl (C=O) groups excluding carboxylic acids is 1. The molecular weight excluding hydrogens is 380 g/mol. The molecule has 1 fully saturated rings. The van der Waals surface area contributed by atoms with Crippen molar-refractivity contribution in [2.24, 2.45) is 0 Å². The van der Waals surface area contributed by atoms with Gasteiger partial charge >= 0.3 is 0 Å². The minimum absolute atomic E-state index is 0.111. The summed E-state index contributed by atoms with van der Waals surface area (Å²) < 4.78 is 26.8. The van der Waals surface area contributed by atoms with Gasteiger partial charge in [0.1, 0.15) is 9.77 Å². The van der Waals surface area contributed by atoms with Gasteiger partial charge in [0.2, 0.25) is 10.0 Å². The summed E-state index contributed by atoms with van der Waals surface area (Å²) in [6.07, 6.45) is 2.36. The Morgan fingerprint density at radius 1 is 1.24 bits per heavy atom. The first-order valence-corrected chi connectivity index (χ1v) is 10.8. The molecule has 25 heavy (non-hydrogen) atoms. The lowest BCUT2D eigenvalue weighted by Crippen LogP contribution is -2.31. The van der Waals surface area contributed by atoms with Gasteiger partial charge in [-0.3, -0.25) is 4.79 Å². The Balaban J connectivity index is 1.66. The second-order valence-corrected chi connectivity index (χ2v) is 9.12. The average Bonchev–Trinajstić information content (AvgIpc) is 3.27. The van der Waals surface area contributed by atoms with Gasteiger partial charge in [-0.1, -0.05) is 23.7 Å². The Hall–Kier alpha value is -1.41. The summed E-state index contributed by atoms with van der Waals surface area (Å²) in [5, 5.41) is 5.10. The summed E-state index contributed by atoms with van der Waals surface area (Å²) in [5.74, 6) is -0.352. The van der Waals surface area contributed by atoms with Crippen LogP contribution in [-0.2, 0) is 16.4 Å². The zero-order valence-corrected chi connectivity index (χ0v) is 16.0. The molecule has 1 aromatic carbocycles. The van der Waals surface area contributed by atoms with Crippen molar-refractivity contribution in [2.75, 3.05) is 19.6 Å². The van der Waals surface area contributed by atoms with Gasteiger partial charge in [-0.05, 0) is 48.4 Å². The molecule has 134 valence electrons. The van der Waals surface area contributed by atoms with Crippen LogP contribution >= 0.6 is 22.9 Å². The maximum atomic E-state index is 12.7. The van der Waals surface area contributed by atoms with Crippen LogP contribution < -0.4 is 5.32 Å². The fourth-order valence-corrected chi connectivity index (χ4v) is 5.87. The number of benzene rings is 1. The summed E-state index contributed by atoms with van der Waals surface area (Å²) in [4.78, 5) is 12.8. The van der Waals surface area contributed by atoms with Gasteiger partial charge in [0, 0.05) is 24.7 Å². The fraction of sp³-hybridized carbons (Fsp3) is 0.353. The predicted octanol–water partition coefficient (Wildman–Crippen LogP) is 3.16. The van der Waals surface area contributed by atoms with Crippen molar-refractivity contribution in [2.45, 2.75) is 24.2 Å².